The first-order valence-electron chi connectivity index (χ1n) is 7.10. The number of nitro groups is 1. The van der Waals surface area contributed by atoms with Crippen LogP contribution in [0.1, 0.15) is 16.7 Å². The van der Waals surface area contributed by atoms with Crippen LogP contribution in [0.3, 0.4) is 0 Å². The summed E-state index contributed by atoms with van der Waals surface area (Å²) in [5.74, 6) is 0. The average Bonchev–Trinajstić information content (AvgIpc) is 2.56. The molecule has 0 saturated heterocycles. The number of non-ortho nitro benzene ring substituents is 1. The van der Waals surface area contributed by atoms with Crippen LogP contribution in [-0.2, 0) is 0 Å². The molecule has 6 heteroatoms. The zero-order valence-corrected chi connectivity index (χ0v) is 13.4. The van der Waals surface area contributed by atoms with Crippen molar-refractivity contribution in [2.75, 3.05) is 0 Å². The average molecular weight is 342 g/mol. The molecule has 3 aromatic rings. The number of halogens is 1. The minimum Gasteiger partial charge on any atom is -0.463 e. The maximum Gasteiger partial charge on any atom is 0.269 e. The van der Waals surface area contributed by atoms with E-state index in [0.717, 1.165) is 11.1 Å². The molecule has 1 aromatic heterocycles. The van der Waals surface area contributed by atoms with Crippen LogP contribution in [0.15, 0.2) is 51.9 Å². The van der Waals surface area contributed by atoms with Crippen LogP contribution in [0.5, 0.6) is 0 Å². The number of rotatable bonds is 3. The van der Waals surface area contributed by atoms with Crippen LogP contribution in [0, 0.1) is 17.0 Å². The Hall–Kier alpha value is -2.92. The molecule has 0 N–H and O–H groups in total. The van der Waals surface area contributed by atoms with Gasteiger partial charge in [0.1, 0.15) is 11.8 Å². The third kappa shape index (κ3) is 3.07. The zero-order chi connectivity index (χ0) is 17.3. The molecule has 0 atom stereocenters. The lowest BCUT2D eigenvalue weighted by Crippen LogP contribution is -2.04. The summed E-state index contributed by atoms with van der Waals surface area (Å²) in [6.45, 7) is 1.84. The van der Waals surface area contributed by atoms with E-state index in [1.54, 1.807) is 36.4 Å². The highest BCUT2D eigenvalue weighted by molar-refractivity contribution is 6.32. The largest absolute Gasteiger partial charge is 0.463 e. The Balaban J connectivity index is 1.97. The molecule has 0 radical (unpaired) electrons. The quantitative estimate of drug-likeness (QED) is 0.505. The summed E-state index contributed by atoms with van der Waals surface area (Å²) in [5, 5.41) is 11.6. The summed E-state index contributed by atoms with van der Waals surface area (Å²) in [6.07, 6.45) is 4.69. The highest BCUT2D eigenvalue weighted by Gasteiger charge is 2.08. The molecule has 120 valence electrons. The van der Waals surface area contributed by atoms with Crippen LogP contribution in [0.4, 0.5) is 5.69 Å². The van der Waals surface area contributed by atoms with E-state index in [-0.39, 0.29) is 11.1 Å². The number of hydrogen-bond acceptors (Lipinski definition) is 4. The molecule has 0 spiro atoms. The predicted molar refractivity (Wildman–Crippen MR) is 94.3 cm³/mol. The van der Waals surface area contributed by atoms with E-state index in [2.05, 4.69) is 0 Å². The Morgan fingerprint density at radius 1 is 1.17 bits per heavy atom. The summed E-state index contributed by atoms with van der Waals surface area (Å²) < 4.78 is 5.50. The van der Waals surface area contributed by atoms with E-state index >= 15 is 0 Å². The molecule has 0 unspecified atom stereocenters. The summed E-state index contributed by atoms with van der Waals surface area (Å²) in [6, 6.07) is 9.36. The van der Waals surface area contributed by atoms with Gasteiger partial charge in [0.2, 0.25) is 0 Å². The Labute approximate surface area is 141 Å². The molecule has 0 aliphatic heterocycles. The van der Waals surface area contributed by atoms with Crippen molar-refractivity contribution in [1.29, 1.82) is 0 Å². The lowest BCUT2D eigenvalue weighted by molar-refractivity contribution is -0.384. The molecule has 5 nitrogen and oxygen atoms in total. The third-order valence-electron chi connectivity index (χ3n) is 3.64. The molecule has 0 saturated carbocycles. The lowest BCUT2D eigenvalue weighted by Gasteiger charge is -2.02. The van der Waals surface area contributed by atoms with Crippen LogP contribution in [0.2, 0.25) is 5.02 Å². The number of fused-ring (bicyclic) bond motifs is 1. The van der Waals surface area contributed by atoms with Crippen molar-refractivity contribution in [2.24, 2.45) is 0 Å². The topological polar surface area (TPSA) is 73.3 Å². The van der Waals surface area contributed by atoms with Gasteiger partial charge < -0.3 is 4.42 Å². The molecule has 24 heavy (non-hydrogen) atoms. The SMILES string of the molecule is Cc1cc2occ(/C=C/c3ccc([N+](=O)[O-])cc3)c(=O)c2cc1Cl. The summed E-state index contributed by atoms with van der Waals surface area (Å²) in [4.78, 5) is 22.7. The predicted octanol–water partition coefficient (Wildman–Crippen LogP) is 4.83. The van der Waals surface area contributed by atoms with Crippen molar-refractivity contribution < 1.29 is 9.34 Å². The van der Waals surface area contributed by atoms with Crippen LogP contribution in [-0.4, -0.2) is 4.92 Å². The van der Waals surface area contributed by atoms with E-state index in [0.29, 0.717) is 21.6 Å². The van der Waals surface area contributed by atoms with Crippen molar-refractivity contribution >= 4 is 40.4 Å². The Morgan fingerprint density at radius 3 is 2.54 bits per heavy atom. The summed E-state index contributed by atoms with van der Waals surface area (Å²) in [7, 11) is 0. The van der Waals surface area contributed by atoms with E-state index in [9.17, 15) is 14.9 Å². The van der Waals surface area contributed by atoms with E-state index in [1.165, 1.54) is 18.4 Å². The third-order valence-corrected chi connectivity index (χ3v) is 4.05. The number of benzene rings is 2. The van der Waals surface area contributed by atoms with Gasteiger partial charge >= 0.3 is 0 Å². The van der Waals surface area contributed by atoms with Crippen molar-refractivity contribution in [3.05, 3.63) is 84.7 Å². The number of nitrogens with zero attached hydrogens (tertiary/aromatic N) is 1. The van der Waals surface area contributed by atoms with Crippen LogP contribution < -0.4 is 5.43 Å². The number of nitro benzene ring substituents is 1. The summed E-state index contributed by atoms with van der Waals surface area (Å²) in [5.41, 5.74) is 2.26. The molecular weight excluding hydrogens is 330 g/mol. The minimum atomic E-state index is -0.461. The van der Waals surface area contributed by atoms with E-state index in [1.807, 2.05) is 6.92 Å². The number of hydrogen-bond donors (Lipinski definition) is 0. The normalized spacial score (nSPS) is 11.2. The first-order chi connectivity index (χ1) is 11.5. The zero-order valence-electron chi connectivity index (χ0n) is 12.7. The van der Waals surface area contributed by atoms with Crippen molar-refractivity contribution in [3.63, 3.8) is 0 Å². The number of aryl methyl sites for hydroxylation is 1. The smallest absolute Gasteiger partial charge is 0.269 e. The van der Waals surface area contributed by atoms with Gasteiger partial charge in [-0.1, -0.05) is 17.7 Å². The molecular formula is C18H12ClNO4. The fraction of sp³-hybridized carbons (Fsp3) is 0.0556. The molecule has 3 rings (SSSR count). The molecule has 0 fully saturated rings. The molecule has 0 aliphatic carbocycles. The second-order valence-electron chi connectivity index (χ2n) is 5.30. The second-order valence-corrected chi connectivity index (χ2v) is 5.71. The molecule has 2 aromatic carbocycles. The first-order valence-corrected chi connectivity index (χ1v) is 7.48. The maximum atomic E-state index is 12.5. The van der Waals surface area contributed by atoms with Gasteiger partial charge in [-0.2, -0.15) is 0 Å². The first kappa shape index (κ1) is 16.0. The highest BCUT2D eigenvalue weighted by atomic mass is 35.5. The fourth-order valence-electron chi connectivity index (χ4n) is 2.27. The van der Waals surface area contributed by atoms with Crippen LogP contribution >= 0.6 is 11.6 Å². The van der Waals surface area contributed by atoms with Gasteiger partial charge in [-0.25, -0.2) is 0 Å². The van der Waals surface area contributed by atoms with Crippen molar-refractivity contribution in [2.45, 2.75) is 6.92 Å². The standard InChI is InChI=1S/C18H12ClNO4/c1-11-8-17-15(9-16(11)19)18(21)13(10-24-17)5-2-12-3-6-14(7-4-12)20(22)23/h2-10H,1H3/b5-2+. The van der Waals surface area contributed by atoms with Gasteiger partial charge in [0.25, 0.3) is 5.69 Å². The molecule has 0 bridgehead atoms. The minimum absolute atomic E-state index is 0.0161. The monoisotopic (exact) mass is 341 g/mol. The van der Waals surface area contributed by atoms with Crippen molar-refractivity contribution in [3.8, 4) is 0 Å². The van der Waals surface area contributed by atoms with Gasteiger partial charge in [-0.15, -0.1) is 0 Å². The molecule has 1 heterocycles. The van der Waals surface area contributed by atoms with Crippen LogP contribution in [0.25, 0.3) is 23.1 Å². The van der Waals surface area contributed by atoms with Gasteiger partial charge in [-0.3, -0.25) is 14.9 Å². The van der Waals surface area contributed by atoms with E-state index < -0.39 is 4.92 Å². The fourth-order valence-corrected chi connectivity index (χ4v) is 2.44. The summed E-state index contributed by atoms with van der Waals surface area (Å²) >= 11 is 6.07. The maximum absolute atomic E-state index is 12.5. The molecule has 0 amide bonds. The van der Waals surface area contributed by atoms with Gasteiger partial charge in [-0.05, 0) is 48.4 Å². The lowest BCUT2D eigenvalue weighted by atomic mass is 10.1. The Bertz CT molecular complexity index is 1020. The Kier molecular flexibility index (Phi) is 4.18. The van der Waals surface area contributed by atoms with Gasteiger partial charge in [0.15, 0.2) is 5.43 Å². The highest BCUT2D eigenvalue weighted by Crippen LogP contribution is 2.22. The van der Waals surface area contributed by atoms with E-state index in [4.69, 9.17) is 16.0 Å². The van der Waals surface area contributed by atoms with Gasteiger partial charge in [0.05, 0.1) is 15.9 Å². The molecule has 0 aliphatic rings. The second kappa shape index (κ2) is 6.29. The van der Waals surface area contributed by atoms with Gasteiger partial charge in [0, 0.05) is 17.2 Å². The van der Waals surface area contributed by atoms with Crippen molar-refractivity contribution in [1.82, 2.24) is 0 Å². The Morgan fingerprint density at radius 2 is 1.88 bits per heavy atom.